The minimum absolute atomic E-state index is 0.0390. The zero-order valence-electron chi connectivity index (χ0n) is 20.7. The molecule has 0 aliphatic rings. The van der Waals surface area contributed by atoms with E-state index in [9.17, 15) is 14.4 Å². The number of hydrogen-bond acceptors (Lipinski definition) is 4. The van der Waals surface area contributed by atoms with Gasteiger partial charge in [-0.05, 0) is 85.9 Å². The highest BCUT2D eigenvalue weighted by Crippen LogP contribution is 2.35. The summed E-state index contributed by atoms with van der Waals surface area (Å²) in [6, 6.07) is 17.3. The standard InChI is InChI=1S/C30H29FN2O3/c1-5-8-24-15-23(16-25(18-32)30(34)33-27-10-7-9-20(3)21(27)4)17-28(35-6-2)29(24)36-19-22-11-13-26(31)14-12-22/h5,7,9-17H,1,6,8,19H2,2-4H3,(H,33,34)/b25-16+. The van der Waals surface area contributed by atoms with Gasteiger partial charge in [-0.15, -0.1) is 6.58 Å². The maximum absolute atomic E-state index is 13.2. The molecule has 1 amide bonds. The highest BCUT2D eigenvalue weighted by atomic mass is 19.1. The van der Waals surface area contributed by atoms with Gasteiger partial charge in [-0.1, -0.05) is 30.3 Å². The molecule has 0 heterocycles. The highest BCUT2D eigenvalue weighted by Gasteiger charge is 2.16. The van der Waals surface area contributed by atoms with Crippen LogP contribution < -0.4 is 14.8 Å². The number of ether oxygens (including phenoxy) is 2. The van der Waals surface area contributed by atoms with Crippen LogP contribution in [0.1, 0.15) is 34.7 Å². The predicted molar refractivity (Wildman–Crippen MR) is 140 cm³/mol. The van der Waals surface area contributed by atoms with E-state index >= 15 is 0 Å². The minimum Gasteiger partial charge on any atom is -0.490 e. The summed E-state index contributed by atoms with van der Waals surface area (Å²) in [5, 5.41) is 12.5. The number of halogens is 1. The first kappa shape index (κ1) is 26.2. The molecular formula is C30H29FN2O3. The van der Waals surface area contributed by atoms with Crippen molar-refractivity contribution in [3.63, 3.8) is 0 Å². The van der Waals surface area contributed by atoms with Crippen LogP contribution in [0.3, 0.4) is 0 Å². The van der Waals surface area contributed by atoms with Crippen LogP contribution in [0.4, 0.5) is 10.1 Å². The first-order valence-corrected chi connectivity index (χ1v) is 11.6. The van der Waals surface area contributed by atoms with E-state index in [-0.39, 0.29) is 18.0 Å². The summed E-state index contributed by atoms with van der Waals surface area (Å²) in [7, 11) is 0. The van der Waals surface area contributed by atoms with Gasteiger partial charge < -0.3 is 14.8 Å². The molecule has 0 spiro atoms. The highest BCUT2D eigenvalue weighted by molar-refractivity contribution is 6.10. The van der Waals surface area contributed by atoms with Crippen molar-refractivity contribution < 1.29 is 18.7 Å². The van der Waals surface area contributed by atoms with Gasteiger partial charge in [-0.25, -0.2) is 4.39 Å². The van der Waals surface area contributed by atoms with E-state index < -0.39 is 5.91 Å². The number of nitrogens with one attached hydrogen (secondary N) is 1. The van der Waals surface area contributed by atoms with Crippen molar-refractivity contribution in [2.24, 2.45) is 0 Å². The van der Waals surface area contributed by atoms with Crippen LogP contribution in [0.2, 0.25) is 0 Å². The average Bonchev–Trinajstić information content (AvgIpc) is 2.86. The van der Waals surface area contributed by atoms with Crippen molar-refractivity contribution in [3.8, 4) is 17.6 Å². The van der Waals surface area contributed by atoms with Gasteiger partial charge in [-0.2, -0.15) is 5.26 Å². The molecule has 0 saturated heterocycles. The lowest BCUT2D eigenvalue weighted by molar-refractivity contribution is -0.112. The van der Waals surface area contributed by atoms with E-state index in [2.05, 4.69) is 11.9 Å². The number of allylic oxidation sites excluding steroid dienone is 1. The number of rotatable bonds is 10. The fourth-order valence-corrected chi connectivity index (χ4v) is 3.63. The number of carbonyl (C=O) groups excluding carboxylic acids is 1. The third kappa shape index (κ3) is 6.61. The van der Waals surface area contributed by atoms with E-state index in [1.807, 2.05) is 45.0 Å². The molecule has 0 bridgehead atoms. The zero-order chi connectivity index (χ0) is 26.1. The zero-order valence-corrected chi connectivity index (χ0v) is 20.7. The number of nitriles is 1. The van der Waals surface area contributed by atoms with Crippen LogP contribution in [0, 0.1) is 31.0 Å². The average molecular weight is 485 g/mol. The number of aryl methyl sites for hydroxylation is 1. The van der Waals surface area contributed by atoms with Crippen LogP contribution in [0.5, 0.6) is 11.5 Å². The smallest absolute Gasteiger partial charge is 0.266 e. The van der Waals surface area contributed by atoms with Crippen LogP contribution in [-0.4, -0.2) is 12.5 Å². The van der Waals surface area contributed by atoms with Gasteiger partial charge in [0.1, 0.15) is 24.1 Å². The largest absolute Gasteiger partial charge is 0.490 e. The Hall–Kier alpha value is -4.37. The second-order valence-corrected chi connectivity index (χ2v) is 8.22. The second kappa shape index (κ2) is 12.4. The Balaban J connectivity index is 1.94. The lowest BCUT2D eigenvalue weighted by Gasteiger charge is -2.17. The molecule has 3 rings (SSSR count). The Kier molecular flexibility index (Phi) is 9.01. The second-order valence-electron chi connectivity index (χ2n) is 8.22. The summed E-state index contributed by atoms with van der Waals surface area (Å²) in [6.45, 7) is 10.2. The molecule has 0 aliphatic carbocycles. The van der Waals surface area contributed by atoms with Gasteiger partial charge in [-0.3, -0.25) is 4.79 Å². The number of carbonyl (C=O) groups is 1. The fraction of sp³-hybridized carbons (Fsp3) is 0.200. The summed E-state index contributed by atoms with van der Waals surface area (Å²) in [4.78, 5) is 12.9. The van der Waals surface area contributed by atoms with Crippen molar-refractivity contribution in [1.82, 2.24) is 0 Å². The lowest BCUT2D eigenvalue weighted by Crippen LogP contribution is -2.14. The van der Waals surface area contributed by atoms with E-state index in [0.717, 1.165) is 22.3 Å². The van der Waals surface area contributed by atoms with Crippen LogP contribution >= 0.6 is 0 Å². The van der Waals surface area contributed by atoms with Gasteiger partial charge in [0.05, 0.1) is 6.61 Å². The van der Waals surface area contributed by atoms with E-state index in [1.54, 1.807) is 30.3 Å². The van der Waals surface area contributed by atoms with Crippen molar-refractivity contribution in [2.45, 2.75) is 33.8 Å². The quantitative estimate of drug-likeness (QED) is 0.198. The van der Waals surface area contributed by atoms with Gasteiger partial charge in [0.2, 0.25) is 0 Å². The van der Waals surface area contributed by atoms with Gasteiger partial charge >= 0.3 is 0 Å². The molecule has 184 valence electrons. The fourth-order valence-electron chi connectivity index (χ4n) is 3.63. The molecule has 0 aromatic heterocycles. The van der Waals surface area contributed by atoms with Crippen molar-refractivity contribution in [3.05, 3.63) is 106 Å². The molecule has 0 aliphatic heterocycles. The Bertz CT molecular complexity index is 1320. The van der Waals surface area contributed by atoms with Crippen LogP contribution in [0.15, 0.2) is 72.8 Å². The summed E-state index contributed by atoms with van der Waals surface area (Å²) in [5.74, 6) is 0.215. The van der Waals surface area contributed by atoms with Gasteiger partial charge in [0.15, 0.2) is 11.5 Å². The Labute approximate surface area is 211 Å². The first-order chi connectivity index (χ1) is 17.4. The summed E-state index contributed by atoms with van der Waals surface area (Å²) < 4.78 is 25.2. The number of anilines is 1. The number of benzene rings is 3. The minimum atomic E-state index is -0.494. The Morgan fingerprint density at radius 2 is 1.89 bits per heavy atom. The molecule has 0 atom stereocenters. The normalized spacial score (nSPS) is 10.9. The number of nitrogens with zero attached hydrogens (tertiary/aromatic N) is 1. The molecule has 36 heavy (non-hydrogen) atoms. The third-order valence-electron chi connectivity index (χ3n) is 5.64. The first-order valence-electron chi connectivity index (χ1n) is 11.6. The summed E-state index contributed by atoms with van der Waals surface area (Å²) in [6.07, 6.45) is 3.75. The monoisotopic (exact) mass is 484 g/mol. The molecule has 6 heteroatoms. The van der Waals surface area contributed by atoms with E-state index in [0.29, 0.717) is 35.8 Å². The molecule has 0 fully saturated rings. The third-order valence-corrected chi connectivity index (χ3v) is 5.64. The Morgan fingerprint density at radius 1 is 1.14 bits per heavy atom. The van der Waals surface area contributed by atoms with Gasteiger partial charge in [0, 0.05) is 11.3 Å². The molecule has 0 radical (unpaired) electrons. The molecule has 1 N–H and O–H groups in total. The number of hydrogen-bond donors (Lipinski definition) is 1. The molecule has 3 aromatic carbocycles. The van der Waals surface area contributed by atoms with Crippen LogP contribution in [0.25, 0.3) is 6.08 Å². The molecule has 0 saturated carbocycles. The topological polar surface area (TPSA) is 71.4 Å². The summed E-state index contributed by atoms with van der Waals surface area (Å²) >= 11 is 0. The maximum Gasteiger partial charge on any atom is 0.266 e. The predicted octanol–water partition coefficient (Wildman–Crippen LogP) is 6.69. The van der Waals surface area contributed by atoms with E-state index in [4.69, 9.17) is 9.47 Å². The molecule has 0 unspecified atom stereocenters. The van der Waals surface area contributed by atoms with Crippen molar-refractivity contribution in [2.75, 3.05) is 11.9 Å². The maximum atomic E-state index is 13.2. The Morgan fingerprint density at radius 3 is 2.56 bits per heavy atom. The van der Waals surface area contributed by atoms with E-state index in [1.165, 1.54) is 18.2 Å². The van der Waals surface area contributed by atoms with Crippen molar-refractivity contribution in [1.29, 1.82) is 5.26 Å². The van der Waals surface area contributed by atoms with Crippen LogP contribution in [-0.2, 0) is 17.8 Å². The van der Waals surface area contributed by atoms with Crippen molar-refractivity contribution >= 4 is 17.7 Å². The molecule has 5 nitrogen and oxygen atoms in total. The lowest BCUT2D eigenvalue weighted by atomic mass is 10.0. The molecular weight excluding hydrogens is 455 g/mol. The summed E-state index contributed by atoms with van der Waals surface area (Å²) in [5.41, 5.74) is 4.83. The van der Waals surface area contributed by atoms with Gasteiger partial charge in [0.25, 0.3) is 5.91 Å². The SMILES string of the molecule is C=CCc1cc(/C=C(\C#N)C(=O)Nc2cccc(C)c2C)cc(OCC)c1OCc1ccc(F)cc1. The molecule has 3 aromatic rings. The number of amides is 1.